The third-order valence-corrected chi connectivity index (χ3v) is 5.04. The van der Waals surface area contributed by atoms with Crippen molar-refractivity contribution in [3.8, 4) is 0 Å². The summed E-state index contributed by atoms with van der Waals surface area (Å²) in [6, 6.07) is 6.38. The van der Waals surface area contributed by atoms with Crippen LogP contribution < -0.4 is 4.90 Å². The number of nitrogens with zero attached hydrogens (tertiary/aromatic N) is 2. The minimum atomic E-state index is -0.0877. The molecule has 0 bridgehead atoms. The second kappa shape index (κ2) is 5.41. The molecular weight excluding hydrogens is 307 g/mol. The van der Waals surface area contributed by atoms with E-state index in [-0.39, 0.29) is 5.82 Å². The minimum absolute atomic E-state index is 0.0877. The van der Waals surface area contributed by atoms with Gasteiger partial charge < -0.3 is 4.90 Å². The smallest absolute Gasteiger partial charge is 0.146 e. The molecule has 104 valence electrons. The van der Waals surface area contributed by atoms with Crippen LogP contribution >= 0.6 is 15.9 Å². The Bertz CT molecular complexity index is 465. The second-order valence-electron chi connectivity index (χ2n) is 5.67. The van der Waals surface area contributed by atoms with Gasteiger partial charge in [-0.1, -0.05) is 28.1 Å². The minimum Gasteiger partial charge on any atom is -0.363 e. The first-order valence-electron chi connectivity index (χ1n) is 7.04. The highest BCUT2D eigenvalue weighted by atomic mass is 79.9. The molecule has 0 aromatic heterocycles. The predicted octanol–water partition coefficient (Wildman–Crippen LogP) is 3.39. The zero-order chi connectivity index (χ0) is 13.4. The van der Waals surface area contributed by atoms with Crippen molar-refractivity contribution in [3.05, 3.63) is 29.6 Å². The SMILES string of the molecule is CC1CN2CCCC2CN1c1c(F)cccc1CBr. The Hall–Kier alpha value is -0.610. The fourth-order valence-corrected chi connectivity index (χ4v) is 3.94. The predicted molar refractivity (Wildman–Crippen MR) is 80.4 cm³/mol. The zero-order valence-corrected chi connectivity index (χ0v) is 12.9. The molecule has 2 aliphatic rings. The van der Waals surface area contributed by atoms with E-state index in [9.17, 15) is 4.39 Å². The van der Waals surface area contributed by atoms with E-state index >= 15 is 0 Å². The van der Waals surface area contributed by atoms with Crippen molar-refractivity contribution >= 4 is 21.6 Å². The monoisotopic (exact) mass is 326 g/mol. The largest absolute Gasteiger partial charge is 0.363 e. The van der Waals surface area contributed by atoms with E-state index in [1.165, 1.54) is 19.4 Å². The summed E-state index contributed by atoms with van der Waals surface area (Å²) in [5.41, 5.74) is 1.86. The lowest BCUT2D eigenvalue weighted by molar-refractivity contribution is 0.202. The summed E-state index contributed by atoms with van der Waals surface area (Å²) in [5, 5.41) is 0.706. The van der Waals surface area contributed by atoms with E-state index in [1.54, 1.807) is 12.1 Å². The number of anilines is 1. The number of para-hydroxylation sites is 1. The summed E-state index contributed by atoms with van der Waals surface area (Å²) in [5.74, 6) is -0.0877. The molecule has 2 aliphatic heterocycles. The van der Waals surface area contributed by atoms with Gasteiger partial charge in [0.1, 0.15) is 5.82 Å². The molecule has 2 unspecified atom stereocenters. The van der Waals surface area contributed by atoms with Gasteiger partial charge in [-0.3, -0.25) is 4.90 Å². The molecule has 3 rings (SSSR count). The second-order valence-corrected chi connectivity index (χ2v) is 6.23. The summed E-state index contributed by atoms with van der Waals surface area (Å²) in [4.78, 5) is 4.84. The van der Waals surface area contributed by atoms with Crippen molar-refractivity contribution in [1.82, 2.24) is 4.90 Å². The van der Waals surface area contributed by atoms with Gasteiger partial charge in [0, 0.05) is 30.5 Å². The molecule has 1 aromatic rings. The molecule has 0 amide bonds. The summed E-state index contributed by atoms with van der Waals surface area (Å²) in [7, 11) is 0. The van der Waals surface area contributed by atoms with E-state index in [4.69, 9.17) is 0 Å². The van der Waals surface area contributed by atoms with Crippen LogP contribution in [0, 0.1) is 5.82 Å². The lowest BCUT2D eigenvalue weighted by Gasteiger charge is -2.44. The van der Waals surface area contributed by atoms with Crippen LogP contribution in [0.15, 0.2) is 18.2 Å². The zero-order valence-electron chi connectivity index (χ0n) is 11.3. The van der Waals surface area contributed by atoms with E-state index in [0.717, 1.165) is 24.3 Å². The van der Waals surface area contributed by atoms with Crippen molar-refractivity contribution < 1.29 is 4.39 Å². The van der Waals surface area contributed by atoms with Gasteiger partial charge in [-0.2, -0.15) is 0 Å². The number of halogens is 2. The lowest BCUT2D eigenvalue weighted by Crippen LogP contribution is -2.55. The fraction of sp³-hybridized carbons (Fsp3) is 0.600. The molecule has 0 radical (unpaired) electrons. The van der Waals surface area contributed by atoms with Crippen molar-refractivity contribution in [2.45, 2.75) is 37.2 Å². The van der Waals surface area contributed by atoms with Gasteiger partial charge in [0.05, 0.1) is 5.69 Å². The average Bonchev–Trinajstić information content (AvgIpc) is 2.84. The van der Waals surface area contributed by atoms with Crippen LogP contribution in [0.3, 0.4) is 0 Å². The number of alkyl halides is 1. The Morgan fingerprint density at radius 2 is 2.21 bits per heavy atom. The molecule has 0 spiro atoms. The van der Waals surface area contributed by atoms with E-state index in [2.05, 4.69) is 32.7 Å². The number of fused-ring (bicyclic) bond motifs is 1. The molecule has 2 heterocycles. The Morgan fingerprint density at radius 3 is 3.00 bits per heavy atom. The molecule has 0 aliphatic carbocycles. The number of benzene rings is 1. The van der Waals surface area contributed by atoms with Crippen molar-refractivity contribution in [3.63, 3.8) is 0 Å². The highest BCUT2D eigenvalue weighted by Gasteiger charge is 2.35. The van der Waals surface area contributed by atoms with Crippen LogP contribution in [0.2, 0.25) is 0 Å². The Morgan fingerprint density at radius 1 is 1.37 bits per heavy atom. The Balaban J connectivity index is 1.93. The molecule has 0 N–H and O–H groups in total. The van der Waals surface area contributed by atoms with Crippen LogP contribution in [-0.4, -0.2) is 36.6 Å². The maximum Gasteiger partial charge on any atom is 0.146 e. The lowest BCUT2D eigenvalue weighted by atomic mass is 10.0. The highest BCUT2D eigenvalue weighted by molar-refractivity contribution is 9.08. The molecular formula is C15H20BrFN2. The van der Waals surface area contributed by atoms with E-state index in [0.29, 0.717) is 17.4 Å². The number of piperazine rings is 1. The number of rotatable bonds is 2. The number of hydrogen-bond acceptors (Lipinski definition) is 2. The first-order valence-corrected chi connectivity index (χ1v) is 8.17. The van der Waals surface area contributed by atoms with Crippen LogP contribution in [0.5, 0.6) is 0 Å². The first kappa shape index (κ1) is 13.4. The molecule has 2 fully saturated rings. The topological polar surface area (TPSA) is 6.48 Å². The van der Waals surface area contributed by atoms with Gasteiger partial charge in [-0.15, -0.1) is 0 Å². The van der Waals surface area contributed by atoms with E-state index < -0.39 is 0 Å². The molecule has 2 nitrogen and oxygen atoms in total. The van der Waals surface area contributed by atoms with Crippen molar-refractivity contribution in [1.29, 1.82) is 0 Å². The van der Waals surface area contributed by atoms with Gasteiger partial charge in [0.2, 0.25) is 0 Å². The van der Waals surface area contributed by atoms with Crippen LogP contribution in [0.4, 0.5) is 10.1 Å². The third kappa shape index (κ3) is 2.40. The fourth-order valence-electron chi connectivity index (χ4n) is 3.49. The maximum atomic E-state index is 14.3. The van der Waals surface area contributed by atoms with Gasteiger partial charge in [0.25, 0.3) is 0 Å². The Labute approximate surface area is 122 Å². The molecule has 1 aromatic carbocycles. The summed E-state index contributed by atoms with van der Waals surface area (Å²) < 4.78 is 14.3. The number of hydrogen-bond donors (Lipinski definition) is 0. The molecule has 4 heteroatoms. The van der Waals surface area contributed by atoms with Gasteiger partial charge >= 0.3 is 0 Å². The van der Waals surface area contributed by atoms with E-state index in [1.807, 2.05) is 6.07 Å². The summed E-state index contributed by atoms with van der Waals surface area (Å²) in [6.07, 6.45) is 2.54. The normalized spacial score (nSPS) is 27.6. The summed E-state index contributed by atoms with van der Waals surface area (Å²) >= 11 is 3.48. The third-order valence-electron chi connectivity index (χ3n) is 4.44. The van der Waals surface area contributed by atoms with Crippen molar-refractivity contribution in [2.75, 3.05) is 24.5 Å². The molecule has 19 heavy (non-hydrogen) atoms. The van der Waals surface area contributed by atoms with Crippen LogP contribution in [0.1, 0.15) is 25.3 Å². The highest BCUT2D eigenvalue weighted by Crippen LogP contribution is 2.33. The molecule has 2 atom stereocenters. The quantitative estimate of drug-likeness (QED) is 0.768. The van der Waals surface area contributed by atoms with Gasteiger partial charge in [-0.05, 0) is 37.9 Å². The molecule has 2 saturated heterocycles. The Kier molecular flexibility index (Phi) is 3.81. The van der Waals surface area contributed by atoms with Crippen LogP contribution in [0.25, 0.3) is 0 Å². The maximum absolute atomic E-state index is 14.3. The van der Waals surface area contributed by atoms with Gasteiger partial charge in [-0.25, -0.2) is 4.39 Å². The standard InChI is InChI=1S/C15H20BrFN2/c1-11-9-18-7-3-5-13(18)10-19(11)15-12(8-16)4-2-6-14(15)17/h2,4,6,11,13H,3,5,7-10H2,1H3. The van der Waals surface area contributed by atoms with Crippen molar-refractivity contribution in [2.24, 2.45) is 0 Å². The molecule has 0 saturated carbocycles. The average molecular weight is 327 g/mol. The van der Waals surface area contributed by atoms with Crippen LogP contribution in [-0.2, 0) is 5.33 Å². The van der Waals surface area contributed by atoms with Gasteiger partial charge in [0.15, 0.2) is 0 Å². The summed E-state index contributed by atoms with van der Waals surface area (Å²) in [6.45, 7) is 5.44. The first-order chi connectivity index (χ1) is 9.20.